The average Bonchev–Trinajstić information content (AvgIpc) is 3.04. The van der Waals surface area contributed by atoms with Crippen molar-refractivity contribution in [2.24, 2.45) is 5.41 Å². The molecule has 2 saturated heterocycles. The first-order valence-corrected chi connectivity index (χ1v) is 8.37. The van der Waals surface area contributed by atoms with Crippen molar-refractivity contribution in [3.8, 4) is 0 Å². The van der Waals surface area contributed by atoms with Crippen LogP contribution < -0.4 is 5.32 Å². The van der Waals surface area contributed by atoms with Crippen molar-refractivity contribution in [1.29, 1.82) is 0 Å². The summed E-state index contributed by atoms with van der Waals surface area (Å²) in [6.07, 6.45) is 2.20. The van der Waals surface area contributed by atoms with E-state index < -0.39 is 5.97 Å². The summed E-state index contributed by atoms with van der Waals surface area (Å²) in [5, 5.41) is 11.8. The van der Waals surface area contributed by atoms with E-state index in [0.29, 0.717) is 6.54 Å². The van der Waals surface area contributed by atoms with E-state index in [-0.39, 0.29) is 29.2 Å². The molecular formula is C18H24N2O4. The van der Waals surface area contributed by atoms with Gasteiger partial charge in [-0.1, -0.05) is 26.0 Å². The lowest BCUT2D eigenvalue weighted by molar-refractivity contribution is -0.0910. The summed E-state index contributed by atoms with van der Waals surface area (Å²) in [6, 6.07) is 6.58. The molecule has 2 aliphatic heterocycles. The van der Waals surface area contributed by atoms with Gasteiger partial charge in [0.25, 0.3) is 0 Å². The zero-order valence-corrected chi connectivity index (χ0v) is 14.1. The lowest BCUT2D eigenvalue weighted by Gasteiger charge is -2.56. The normalized spacial score (nSPS) is 25.2. The first-order chi connectivity index (χ1) is 11.4. The average molecular weight is 332 g/mol. The Labute approximate surface area is 141 Å². The van der Waals surface area contributed by atoms with Crippen LogP contribution in [0.2, 0.25) is 0 Å². The fraction of sp³-hybridized carbons (Fsp3) is 0.556. The number of nitrogens with one attached hydrogen (secondary N) is 1. The number of likely N-dealkylation sites (tertiary alicyclic amines) is 1. The molecule has 1 aromatic carbocycles. The minimum atomic E-state index is -0.951. The van der Waals surface area contributed by atoms with Crippen LogP contribution in [0.25, 0.3) is 0 Å². The van der Waals surface area contributed by atoms with Gasteiger partial charge in [0.1, 0.15) is 0 Å². The third-order valence-electron chi connectivity index (χ3n) is 4.94. The molecule has 2 amide bonds. The Balaban J connectivity index is 1.57. The van der Waals surface area contributed by atoms with Crippen molar-refractivity contribution in [2.45, 2.75) is 45.4 Å². The third kappa shape index (κ3) is 3.24. The molecule has 3 rings (SSSR count). The smallest absolute Gasteiger partial charge is 0.335 e. The fourth-order valence-electron chi connectivity index (χ4n) is 3.74. The molecule has 0 radical (unpaired) electrons. The second-order valence-electron chi connectivity index (χ2n) is 7.27. The first kappa shape index (κ1) is 16.8. The molecule has 0 saturated carbocycles. The van der Waals surface area contributed by atoms with Gasteiger partial charge in [0.05, 0.1) is 17.7 Å². The number of nitrogens with zero attached hydrogens (tertiary/aromatic N) is 1. The SMILES string of the molecule is CC1(C)CN(C(=O)NCc2ccc(C(=O)O)cc2)C1C1CCCO1. The van der Waals surface area contributed by atoms with Crippen molar-refractivity contribution in [3.63, 3.8) is 0 Å². The highest BCUT2D eigenvalue weighted by molar-refractivity contribution is 5.87. The van der Waals surface area contributed by atoms with Crippen LogP contribution in [0.15, 0.2) is 24.3 Å². The Bertz CT molecular complexity index is 620. The summed E-state index contributed by atoms with van der Waals surface area (Å²) >= 11 is 0. The predicted molar refractivity (Wildman–Crippen MR) is 88.9 cm³/mol. The number of aromatic carboxylic acids is 1. The van der Waals surface area contributed by atoms with Gasteiger partial charge in [0.15, 0.2) is 0 Å². The number of carbonyl (C=O) groups excluding carboxylic acids is 1. The molecule has 0 bridgehead atoms. The number of hydrogen-bond acceptors (Lipinski definition) is 3. The van der Waals surface area contributed by atoms with E-state index in [4.69, 9.17) is 9.84 Å². The summed E-state index contributed by atoms with van der Waals surface area (Å²) in [7, 11) is 0. The van der Waals surface area contributed by atoms with Crippen LogP contribution in [0, 0.1) is 5.41 Å². The molecule has 0 aromatic heterocycles. The molecule has 2 heterocycles. The van der Waals surface area contributed by atoms with E-state index in [2.05, 4.69) is 19.2 Å². The minimum absolute atomic E-state index is 0.0789. The van der Waals surface area contributed by atoms with Crippen molar-refractivity contribution in [3.05, 3.63) is 35.4 Å². The molecule has 6 nitrogen and oxygen atoms in total. The Hall–Kier alpha value is -2.08. The number of urea groups is 1. The van der Waals surface area contributed by atoms with E-state index >= 15 is 0 Å². The zero-order valence-electron chi connectivity index (χ0n) is 14.1. The van der Waals surface area contributed by atoms with Crippen LogP contribution in [-0.2, 0) is 11.3 Å². The molecule has 24 heavy (non-hydrogen) atoms. The van der Waals surface area contributed by atoms with Crippen LogP contribution in [0.1, 0.15) is 42.6 Å². The van der Waals surface area contributed by atoms with Crippen molar-refractivity contribution >= 4 is 12.0 Å². The number of amides is 2. The minimum Gasteiger partial charge on any atom is -0.478 e. The maximum atomic E-state index is 12.5. The molecule has 2 unspecified atom stereocenters. The second-order valence-corrected chi connectivity index (χ2v) is 7.27. The molecule has 2 atom stereocenters. The third-order valence-corrected chi connectivity index (χ3v) is 4.94. The van der Waals surface area contributed by atoms with Gasteiger partial charge in [0.2, 0.25) is 0 Å². The highest BCUT2D eigenvalue weighted by atomic mass is 16.5. The van der Waals surface area contributed by atoms with Crippen LogP contribution in [0.3, 0.4) is 0 Å². The van der Waals surface area contributed by atoms with Crippen LogP contribution in [0.5, 0.6) is 0 Å². The topological polar surface area (TPSA) is 78.9 Å². The Kier molecular flexibility index (Phi) is 4.49. The first-order valence-electron chi connectivity index (χ1n) is 8.37. The van der Waals surface area contributed by atoms with Crippen molar-refractivity contribution < 1.29 is 19.4 Å². The standard InChI is InChI=1S/C18H24N2O4/c1-18(2)11-20(15(18)14-4-3-9-24-14)17(23)19-10-12-5-7-13(8-6-12)16(21)22/h5-8,14-15H,3-4,9-11H2,1-2H3,(H,19,23)(H,21,22). The number of benzene rings is 1. The van der Waals surface area contributed by atoms with Crippen LogP contribution >= 0.6 is 0 Å². The molecule has 2 fully saturated rings. The van der Waals surface area contributed by atoms with Gasteiger partial charge in [-0.2, -0.15) is 0 Å². The lowest BCUT2D eigenvalue weighted by atomic mass is 9.72. The van der Waals surface area contributed by atoms with Gasteiger partial charge in [-0.15, -0.1) is 0 Å². The number of rotatable bonds is 4. The predicted octanol–water partition coefficient (Wildman–Crippen LogP) is 2.48. The summed E-state index contributed by atoms with van der Waals surface area (Å²) < 4.78 is 5.79. The molecule has 0 spiro atoms. The molecule has 1 aromatic rings. The molecule has 6 heteroatoms. The summed E-state index contributed by atoms with van der Waals surface area (Å²) in [5.41, 5.74) is 1.20. The van der Waals surface area contributed by atoms with Crippen LogP contribution in [0.4, 0.5) is 4.79 Å². The van der Waals surface area contributed by atoms with Gasteiger partial charge in [0, 0.05) is 25.1 Å². The van der Waals surface area contributed by atoms with E-state index in [1.807, 2.05) is 4.90 Å². The Morgan fingerprint density at radius 3 is 2.58 bits per heavy atom. The highest BCUT2D eigenvalue weighted by Gasteiger charge is 2.52. The molecule has 2 N–H and O–H groups in total. The van der Waals surface area contributed by atoms with Gasteiger partial charge >= 0.3 is 12.0 Å². The van der Waals surface area contributed by atoms with Gasteiger partial charge in [-0.3, -0.25) is 0 Å². The summed E-state index contributed by atoms with van der Waals surface area (Å²) in [4.78, 5) is 25.2. The van der Waals surface area contributed by atoms with Gasteiger partial charge in [-0.25, -0.2) is 9.59 Å². The lowest BCUT2D eigenvalue weighted by Crippen LogP contribution is -2.69. The number of hydrogen-bond donors (Lipinski definition) is 2. The monoisotopic (exact) mass is 332 g/mol. The van der Waals surface area contributed by atoms with Crippen molar-refractivity contribution in [2.75, 3.05) is 13.2 Å². The van der Waals surface area contributed by atoms with E-state index in [1.165, 1.54) is 0 Å². The molecule has 0 aliphatic carbocycles. The van der Waals surface area contributed by atoms with Crippen LogP contribution in [-0.4, -0.2) is 47.3 Å². The number of carboxylic acids is 1. The number of carboxylic acid groups (broad SMARTS) is 1. The second kappa shape index (κ2) is 6.43. The van der Waals surface area contributed by atoms with E-state index in [1.54, 1.807) is 24.3 Å². The molecular weight excluding hydrogens is 308 g/mol. The van der Waals surface area contributed by atoms with Gasteiger partial charge in [-0.05, 0) is 30.5 Å². The number of ether oxygens (including phenoxy) is 1. The summed E-state index contributed by atoms with van der Waals surface area (Å²) in [6.45, 7) is 6.24. The maximum Gasteiger partial charge on any atom is 0.335 e. The molecule has 130 valence electrons. The maximum absolute atomic E-state index is 12.5. The largest absolute Gasteiger partial charge is 0.478 e. The summed E-state index contributed by atoms with van der Waals surface area (Å²) in [5.74, 6) is -0.951. The Morgan fingerprint density at radius 1 is 1.33 bits per heavy atom. The van der Waals surface area contributed by atoms with Crippen molar-refractivity contribution in [1.82, 2.24) is 10.2 Å². The molecule has 2 aliphatic rings. The zero-order chi connectivity index (χ0) is 17.3. The number of carbonyl (C=O) groups is 2. The van der Waals surface area contributed by atoms with E-state index in [0.717, 1.165) is 31.6 Å². The van der Waals surface area contributed by atoms with Gasteiger partial charge < -0.3 is 20.1 Å². The fourth-order valence-corrected chi connectivity index (χ4v) is 3.74. The highest BCUT2D eigenvalue weighted by Crippen LogP contribution is 2.42. The Morgan fingerprint density at radius 2 is 2.04 bits per heavy atom. The quantitative estimate of drug-likeness (QED) is 0.888. The van der Waals surface area contributed by atoms with E-state index in [9.17, 15) is 9.59 Å².